The van der Waals surface area contributed by atoms with Crippen molar-refractivity contribution in [2.24, 2.45) is 7.05 Å². The van der Waals surface area contributed by atoms with E-state index >= 15 is 0 Å². The fraction of sp³-hybridized carbons (Fsp3) is 0.267. The first-order valence-corrected chi connectivity index (χ1v) is 7.43. The summed E-state index contributed by atoms with van der Waals surface area (Å²) < 4.78 is 7.40. The van der Waals surface area contributed by atoms with Gasteiger partial charge in [-0.15, -0.1) is 11.3 Å². The van der Waals surface area contributed by atoms with E-state index in [2.05, 4.69) is 45.5 Å². The molecule has 0 radical (unpaired) electrons. The van der Waals surface area contributed by atoms with Gasteiger partial charge in [0.2, 0.25) is 0 Å². The summed E-state index contributed by atoms with van der Waals surface area (Å²) in [5.41, 5.74) is 3.32. The van der Waals surface area contributed by atoms with Crippen molar-refractivity contribution in [3.05, 3.63) is 29.8 Å². The molecule has 104 valence electrons. The molecule has 2 aromatic heterocycles. The molecule has 0 unspecified atom stereocenters. The number of anilines is 1. The molecule has 1 aromatic carbocycles. The van der Waals surface area contributed by atoms with Crippen molar-refractivity contribution in [3.8, 4) is 17.0 Å². The van der Waals surface area contributed by atoms with E-state index in [1.165, 1.54) is 5.39 Å². The maximum atomic E-state index is 5.29. The molecule has 20 heavy (non-hydrogen) atoms. The number of nitrogens with zero attached hydrogens (tertiary/aromatic N) is 2. The Hall–Kier alpha value is -2.01. The highest BCUT2D eigenvalue weighted by atomic mass is 32.1. The van der Waals surface area contributed by atoms with Crippen LogP contribution in [-0.4, -0.2) is 23.2 Å². The second kappa shape index (κ2) is 5.17. The lowest BCUT2D eigenvalue weighted by atomic mass is 10.1. The van der Waals surface area contributed by atoms with Crippen LogP contribution in [0.15, 0.2) is 29.8 Å². The summed E-state index contributed by atoms with van der Waals surface area (Å²) in [4.78, 5) is 4.64. The maximum absolute atomic E-state index is 5.29. The number of methoxy groups -OCH3 is 1. The SMILES string of the molecule is CCNc1nc(-c2cn(C)c3cc(OC)ccc23)cs1. The average Bonchev–Trinajstić information content (AvgIpc) is 3.04. The first-order chi connectivity index (χ1) is 9.72. The summed E-state index contributed by atoms with van der Waals surface area (Å²) in [6, 6.07) is 6.13. The number of hydrogen-bond donors (Lipinski definition) is 1. The molecule has 3 aromatic rings. The zero-order valence-electron chi connectivity index (χ0n) is 11.8. The monoisotopic (exact) mass is 287 g/mol. The highest BCUT2D eigenvalue weighted by Gasteiger charge is 2.12. The number of benzene rings is 1. The molecule has 5 heteroatoms. The van der Waals surface area contributed by atoms with Gasteiger partial charge in [0.05, 0.1) is 18.3 Å². The molecule has 1 N–H and O–H groups in total. The third kappa shape index (κ3) is 2.14. The van der Waals surface area contributed by atoms with Crippen LogP contribution >= 0.6 is 11.3 Å². The van der Waals surface area contributed by atoms with E-state index in [0.29, 0.717) is 0 Å². The maximum Gasteiger partial charge on any atom is 0.183 e. The van der Waals surface area contributed by atoms with Gasteiger partial charge in [-0.05, 0) is 19.1 Å². The minimum atomic E-state index is 0.872. The van der Waals surface area contributed by atoms with Gasteiger partial charge in [0.25, 0.3) is 0 Å². The Bertz CT molecular complexity index is 745. The smallest absolute Gasteiger partial charge is 0.183 e. The zero-order valence-corrected chi connectivity index (χ0v) is 12.6. The van der Waals surface area contributed by atoms with Crippen LogP contribution in [0.25, 0.3) is 22.2 Å². The van der Waals surface area contributed by atoms with Crippen molar-refractivity contribution in [2.75, 3.05) is 19.0 Å². The van der Waals surface area contributed by atoms with Gasteiger partial charge in [-0.25, -0.2) is 4.98 Å². The van der Waals surface area contributed by atoms with Gasteiger partial charge in [-0.1, -0.05) is 0 Å². The van der Waals surface area contributed by atoms with E-state index in [0.717, 1.165) is 34.2 Å². The van der Waals surface area contributed by atoms with Crippen molar-refractivity contribution in [2.45, 2.75) is 6.92 Å². The largest absolute Gasteiger partial charge is 0.497 e. The van der Waals surface area contributed by atoms with Crippen molar-refractivity contribution < 1.29 is 4.74 Å². The van der Waals surface area contributed by atoms with E-state index in [1.807, 2.05) is 13.1 Å². The lowest BCUT2D eigenvalue weighted by Gasteiger charge is -2.01. The molecule has 0 saturated heterocycles. The minimum Gasteiger partial charge on any atom is -0.497 e. The summed E-state index contributed by atoms with van der Waals surface area (Å²) in [7, 11) is 3.73. The molecule has 0 aliphatic heterocycles. The third-order valence-corrected chi connectivity index (χ3v) is 4.11. The number of fused-ring (bicyclic) bond motifs is 1. The van der Waals surface area contributed by atoms with Crippen LogP contribution < -0.4 is 10.1 Å². The molecule has 0 atom stereocenters. The van der Waals surface area contributed by atoms with E-state index in [9.17, 15) is 0 Å². The zero-order chi connectivity index (χ0) is 14.1. The van der Waals surface area contributed by atoms with E-state index in [-0.39, 0.29) is 0 Å². The summed E-state index contributed by atoms with van der Waals surface area (Å²) in [6.45, 7) is 2.96. The van der Waals surface area contributed by atoms with Gasteiger partial charge in [-0.3, -0.25) is 0 Å². The third-order valence-electron chi connectivity index (χ3n) is 3.31. The molecule has 0 spiro atoms. The Morgan fingerprint density at radius 1 is 1.40 bits per heavy atom. The lowest BCUT2D eigenvalue weighted by Crippen LogP contribution is -1.94. The van der Waals surface area contributed by atoms with E-state index in [1.54, 1.807) is 18.4 Å². The van der Waals surface area contributed by atoms with Gasteiger partial charge >= 0.3 is 0 Å². The Balaban J connectivity index is 2.11. The number of aromatic nitrogens is 2. The van der Waals surface area contributed by atoms with E-state index in [4.69, 9.17) is 4.74 Å². The van der Waals surface area contributed by atoms with Crippen LogP contribution in [0.1, 0.15) is 6.92 Å². The van der Waals surface area contributed by atoms with Crippen molar-refractivity contribution >= 4 is 27.4 Å². The topological polar surface area (TPSA) is 39.1 Å². The van der Waals surface area contributed by atoms with Gasteiger partial charge in [-0.2, -0.15) is 0 Å². The summed E-state index contributed by atoms with van der Waals surface area (Å²) in [6.07, 6.45) is 2.12. The van der Waals surface area contributed by atoms with Crippen LogP contribution in [0.4, 0.5) is 5.13 Å². The predicted octanol–water partition coefficient (Wildman–Crippen LogP) is 3.74. The van der Waals surface area contributed by atoms with Crippen LogP contribution in [-0.2, 0) is 7.05 Å². The molecule has 0 aliphatic carbocycles. The van der Waals surface area contributed by atoms with Gasteiger partial charge in [0.1, 0.15) is 5.75 Å². The number of nitrogens with one attached hydrogen (secondary N) is 1. The van der Waals surface area contributed by atoms with Crippen LogP contribution in [0.3, 0.4) is 0 Å². The average molecular weight is 287 g/mol. The summed E-state index contributed by atoms with van der Waals surface area (Å²) in [5, 5.41) is 7.51. The molecule has 0 saturated carbocycles. The van der Waals surface area contributed by atoms with Crippen molar-refractivity contribution in [1.29, 1.82) is 0 Å². The molecule has 3 rings (SSSR count). The standard InChI is InChI=1S/C15H17N3OS/c1-4-16-15-17-13(9-20-15)12-8-18(2)14-7-10(19-3)5-6-11(12)14/h5-9H,4H2,1-3H3,(H,16,17). The number of ether oxygens (including phenoxy) is 1. The fourth-order valence-electron chi connectivity index (χ4n) is 2.32. The highest BCUT2D eigenvalue weighted by molar-refractivity contribution is 7.14. The Morgan fingerprint density at radius 2 is 2.25 bits per heavy atom. The second-order valence-electron chi connectivity index (χ2n) is 4.60. The molecule has 4 nitrogen and oxygen atoms in total. The number of hydrogen-bond acceptors (Lipinski definition) is 4. The fourth-order valence-corrected chi connectivity index (χ4v) is 3.11. The Morgan fingerprint density at radius 3 is 3.00 bits per heavy atom. The molecule has 0 fully saturated rings. The molecule has 0 aliphatic rings. The molecule has 0 bridgehead atoms. The normalized spacial score (nSPS) is 10.9. The van der Waals surface area contributed by atoms with Gasteiger partial charge in [0.15, 0.2) is 5.13 Å². The molecule has 2 heterocycles. The van der Waals surface area contributed by atoms with E-state index < -0.39 is 0 Å². The van der Waals surface area contributed by atoms with Gasteiger partial charge in [0, 0.05) is 42.2 Å². The molecular formula is C15H17N3OS. The first-order valence-electron chi connectivity index (χ1n) is 6.55. The quantitative estimate of drug-likeness (QED) is 0.794. The predicted molar refractivity (Wildman–Crippen MR) is 84.7 cm³/mol. The van der Waals surface area contributed by atoms with Crippen LogP contribution in [0.2, 0.25) is 0 Å². The van der Waals surface area contributed by atoms with Crippen LogP contribution in [0, 0.1) is 0 Å². The molecule has 0 amide bonds. The first kappa shape index (κ1) is 13.0. The lowest BCUT2D eigenvalue weighted by molar-refractivity contribution is 0.415. The summed E-state index contributed by atoms with van der Waals surface area (Å²) in [5.74, 6) is 0.872. The van der Waals surface area contributed by atoms with Crippen molar-refractivity contribution in [3.63, 3.8) is 0 Å². The van der Waals surface area contributed by atoms with Gasteiger partial charge < -0.3 is 14.6 Å². The number of rotatable bonds is 4. The Kier molecular flexibility index (Phi) is 3.36. The minimum absolute atomic E-state index is 0.872. The number of aryl methyl sites for hydroxylation is 1. The molecular weight excluding hydrogens is 270 g/mol. The van der Waals surface area contributed by atoms with Crippen LogP contribution in [0.5, 0.6) is 5.75 Å². The Labute approximate surface area is 122 Å². The number of thiazole rings is 1. The summed E-state index contributed by atoms with van der Waals surface area (Å²) >= 11 is 1.64. The highest BCUT2D eigenvalue weighted by Crippen LogP contribution is 2.33. The van der Waals surface area contributed by atoms with Crippen molar-refractivity contribution in [1.82, 2.24) is 9.55 Å². The second-order valence-corrected chi connectivity index (χ2v) is 5.46.